The van der Waals surface area contributed by atoms with Crippen LogP contribution in [0.5, 0.6) is 0 Å². The lowest BCUT2D eigenvalue weighted by Crippen LogP contribution is -2.47. The highest BCUT2D eigenvalue weighted by molar-refractivity contribution is 9.10. The van der Waals surface area contributed by atoms with Crippen molar-refractivity contribution in [1.29, 1.82) is 0 Å². The molecule has 0 radical (unpaired) electrons. The number of carbonyl (C=O) groups excluding carboxylic acids is 2. The molecule has 0 spiro atoms. The molecule has 1 aliphatic rings. The predicted molar refractivity (Wildman–Crippen MR) is 184 cm³/mol. The maximum absolute atomic E-state index is 14.3. The number of amides is 2. The van der Waals surface area contributed by atoms with Gasteiger partial charge in [-0.25, -0.2) is 0 Å². The van der Waals surface area contributed by atoms with Crippen molar-refractivity contribution in [1.82, 2.24) is 4.90 Å². The lowest BCUT2D eigenvalue weighted by atomic mass is 9.84. The molecule has 2 amide bonds. The van der Waals surface area contributed by atoms with E-state index in [0.717, 1.165) is 85.2 Å². The minimum atomic E-state index is -0.122. The first-order chi connectivity index (χ1) is 20.4. The van der Waals surface area contributed by atoms with Crippen molar-refractivity contribution in [3.05, 3.63) is 68.6 Å². The second-order valence-corrected chi connectivity index (χ2v) is 13.9. The largest absolute Gasteiger partial charge is 0.271 e. The van der Waals surface area contributed by atoms with E-state index < -0.39 is 0 Å². The van der Waals surface area contributed by atoms with Crippen molar-refractivity contribution in [2.45, 2.75) is 96.9 Å². The first kappa shape index (κ1) is 29.6. The summed E-state index contributed by atoms with van der Waals surface area (Å²) >= 11 is 7.44. The standard InChI is InChI=1S/C37H39Br2NO2/c1-3-5-7-9-11-13-26(14-12-10-8-6-4-2)40-36(41)29-17-15-27-31-21-24(38)19-23-20-25(39)22-32(33(23)31)28-16-18-30(37(40)42)35(29)34(27)28/h15-22,26H,3-14H2,1-2H3. The molecule has 0 aliphatic carbocycles. The Kier molecular flexibility index (Phi) is 8.88. The summed E-state index contributed by atoms with van der Waals surface area (Å²) in [6.07, 6.45) is 13.6. The number of fused-ring (bicyclic) bond motifs is 2. The van der Waals surface area contributed by atoms with Gasteiger partial charge in [-0.15, -0.1) is 0 Å². The molecule has 3 nitrogen and oxygen atoms in total. The van der Waals surface area contributed by atoms with Gasteiger partial charge in [0.1, 0.15) is 0 Å². The Morgan fingerprint density at radius 2 is 1.05 bits per heavy atom. The molecule has 0 saturated carbocycles. The number of imide groups is 1. The zero-order valence-electron chi connectivity index (χ0n) is 24.7. The molecule has 0 fully saturated rings. The number of hydrogen-bond acceptors (Lipinski definition) is 2. The van der Waals surface area contributed by atoms with Crippen molar-refractivity contribution in [3.63, 3.8) is 0 Å². The van der Waals surface area contributed by atoms with E-state index in [4.69, 9.17) is 0 Å². The fraction of sp³-hybridized carbons (Fsp3) is 0.405. The van der Waals surface area contributed by atoms with Crippen molar-refractivity contribution >= 4 is 86.8 Å². The van der Waals surface area contributed by atoms with Gasteiger partial charge in [0.25, 0.3) is 11.8 Å². The molecule has 0 saturated heterocycles. The zero-order valence-corrected chi connectivity index (χ0v) is 27.9. The summed E-state index contributed by atoms with van der Waals surface area (Å²) in [6, 6.07) is 16.7. The summed E-state index contributed by atoms with van der Waals surface area (Å²) in [5, 5.41) is 8.65. The van der Waals surface area contributed by atoms with Gasteiger partial charge in [-0.2, -0.15) is 0 Å². The molecule has 5 aromatic carbocycles. The summed E-state index contributed by atoms with van der Waals surface area (Å²) in [5.74, 6) is -0.245. The molecule has 0 aromatic heterocycles. The van der Waals surface area contributed by atoms with Gasteiger partial charge in [-0.3, -0.25) is 14.5 Å². The number of nitrogens with zero attached hydrogens (tertiary/aromatic N) is 1. The minimum absolute atomic E-state index is 0.0508. The van der Waals surface area contributed by atoms with Gasteiger partial charge in [-0.1, -0.05) is 122 Å². The van der Waals surface area contributed by atoms with Crippen molar-refractivity contribution in [2.75, 3.05) is 0 Å². The summed E-state index contributed by atoms with van der Waals surface area (Å²) in [6.45, 7) is 4.46. The van der Waals surface area contributed by atoms with Gasteiger partial charge in [0.05, 0.1) is 0 Å². The van der Waals surface area contributed by atoms with E-state index >= 15 is 0 Å². The highest BCUT2D eigenvalue weighted by atomic mass is 79.9. The Morgan fingerprint density at radius 3 is 1.52 bits per heavy atom. The molecule has 5 heteroatoms. The maximum atomic E-state index is 14.3. The molecule has 0 bridgehead atoms. The SMILES string of the molecule is CCCCCCCC(CCCCCCC)N1C(=O)c2ccc3c4cc(Br)cc5cc(Br)cc(c6ccc(c2c36)C1=O)c54. The third-order valence-corrected chi connectivity index (χ3v) is 10.2. The van der Waals surface area contributed by atoms with E-state index in [9.17, 15) is 9.59 Å². The van der Waals surface area contributed by atoms with Crippen LogP contribution in [0.2, 0.25) is 0 Å². The first-order valence-electron chi connectivity index (χ1n) is 15.9. The van der Waals surface area contributed by atoms with E-state index in [-0.39, 0.29) is 17.9 Å². The average molecular weight is 690 g/mol. The second-order valence-electron chi connectivity index (χ2n) is 12.1. The molecular formula is C37H39Br2NO2. The normalized spacial score (nSPS) is 13.7. The smallest absolute Gasteiger partial charge is 0.261 e. The second kappa shape index (κ2) is 12.6. The Balaban J connectivity index is 1.45. The molecule has 1 heterocycles. The van der Waals surface area contributed by atoms with Crippen LogP contribution in [0.4, 0.5) is 0 Å². The summed E-state index contributed by atoms with van der Waals surface area (Å²) in [5.41, 5.74) is 1.33. The van der Waals surface area contributed by atoms with E-state index in [1.165, 1.54) is 43.9 Å². The number of unbranched alkanes of at least 4 members (excludes halogenated alkanes) is 8. The van der Waals surface area contributed by atoms with Crippen LogP contribution in [0, 0.1) is 0 Å². The lowest BCUT2D eigenvalue weighted by molar-refractivity contribution is 0.0517. The van der Waals surface area contributed by atoms with Crippen LogP contribution in [0.3, 0.4) is 0 Å². The van der Waals surface area contributed by atoms with Crippen LogP contribution >= 0.6 is 31.9 Å². The quantitative estimate of drug-likeness (QED) is 0.0534. The Hall–Kier alpha value is -2.50. The van der Waals surface area contributed by atoms with E-state index in [1.54, 1.807) is 4.90 Å². The summed E-state index contributed by atoms with van der Waals surface area (Å²) in [4.78, 5) is 30.2. The molecule has 0 atom stereocenters. The Morgan fingerprint density at radius 1 is 0.571 bits per heavy atom. The lowest BCUT2D eigenvalue weighted by Gasteiger charge is -2.35. The maximum Gasteiger partial charge on any atom is 0.261 e. The van der Waals surface area contributed by atoms with Crippen LogP contribution < -0.4 is 0 Å². The number of halogens is 2. The van der Waals surface area contributed by atoms with E-state index in [0.29, 0.717) is 11.1 Å². The number of carbonyl (C=O) groups is 2. The van der Waals surface area contributed by atoms with Gasteiger partial charge in [-0.05, 0) is 86.9 Å². The third-order valence-electron chi connectivity index (χ3n) is 9.26. The summed E-state index contributed by atoms with van der Waals surface area (Å²) in [7, 11) is 0. The molecule has 0 unspecified atom stereocenters. The number of rotatable bonds is 13. The van der Waals surface area contributed by atoms with E-state index in [1.807, 2.05) is 12.1 Å². The molecule has 0 N–H and O–H groups in total. The van der Waals surface area contributed by atoms with Gasteiger partial charge >= 0.3 is 0 Å². The Bertz CT molecular complexity index is 1670. The van der Waals surface area contributed by atoms with Gasteiger partial charge in [0.15, 0.2) is 0 Å². The predicted octanol–water partition coefficient (Wildman–Crippen LogP) is 11.9. The molecule has 6 rings (SSSR count). The highest BCUT2D eigenvalue weighted by Gasteiger charge is 2.38. The zero-order chi connectivity index (χ0) is 29.4. The topological polar surface area (TPSA) is 37.4 Å². The third kappa shape index (κ3) is 5.26. The first-order valence-corrected chi connectivity index (χ1v) is 17.4. The van der Waals surface area contributed by atoms with Crippen LogP contribution in [-0.4, -0.2) is 22.8 Å². The van der Waals surface area contributed by atoms with Crippen LogP contribution in [0.25, 0.3) is 43.1 Å². The van der Waals surface area contributed by atoms with Gasteiger partial charge < -0.3 is 0 Å². The van der Waals surface area contributed by atoms with Crippen LogP contribution in [-0.2, 0) is 0 Å². The molecular weight excluding hydrogens is 650 g/mol. The monoisotopic (exact) mass is 687 g/mol. The molecule has 1 aliphatic heterocycles. The molecule has 42 heavy (non-hydrogen) atoms. The molecule has 218 valence electrons. The summed E-state index contributed by atoms with van der Waals surface area (Å²) < 4.78 is 2.02. The van der Waals surface area contributed by atoms with Crippen molar-refractivity contribution in [2.24, 2.45) is 0 Å². The van der Waals surface area contributed by atoms with E-state index in [2.05, 4.69) is 82.1 Å². The average Bonchev–Trinajstić information content (AvgIpc) is 2.97. The fourth-order valence-corrected chi connectivity index (χ4v) is 8.17. The number of benzene rings is 5. The molecule has 5 aromatic rings. The van der Waals surface area contributed by atoms with Gasteiger partial charge in [0.2, 0.25) is 0 Å². The van der Waals surface area contributed by atoms with Gasteiger partial charge in [0, 0.05) is 31.5 Å². The fourth-order valence-electron chi connectivity index (χ4n) is 7.22. The van der Waals surface area contributed by atoms with Crippen molar-refractivity contribution in [3.8, 4) is 0 Å². The Labute approximate surface area is 265 Å². The minimum Gasteiger partial charge on any atom is -0.271 e. The number of hydrogen-bond donors (Lipinski definition) is 0. The van der Waals surface area contributed by atoms with Crippen molar-refractivity contribution < 1.29 is 9.59 Å². The van der Waals surface area contributed by atoms with Crippen LogP contribution in [0.1, 0.15) is 112 Å². The van der Waals surface area contributed by atoms with Crippen LogP contribution in [0.15, 0.2) is 57.5 Å². The highest BCUT2D eigenvalue weighted by Crippen LogP contribution is 2.46.